The second-order valence-electron chi connectivity index (χ2n) is 5.08. The standard InChI is InChI=1S/C14H20ClN3O/c1-3-16-13-12(15)7-11(8-17-13)14(19)18-6-4-5-10(2)9-18/h7-8,10H,3-6,9H2,1-2H3,(H,16,17). The Labute approximate surface area is 119 Å². The summed E-state index contributed by atoms with van der Waals surface area (Å²) >= 11 is 6.12. The zero-order valence-electron chi connectivity index (χ0n) is 11.4. The first kappa shape index (κ1) is 14.1. The third-order valence-electron chi connectivity index (χ3n) is 3.38. The van der Waals surface area contributed by atoms with Gasteiger partial charge in [-0.3, -0.25) is 4.79 Å². The third kappa shape index (κ3) is 3.38. The van der Waals surface area contributed by atoms with E-state index < -0.39 is 0 Å². The minimum Gasteiger partial charge on any atom is -0.369 e. The zero-order valence-corrected chi connectivity index (χ0v) is 12.2. The summed E-state index contributed by atoms with van der Waals surface area (Å²) in [5, 5.41) is 3.56. The first-order valence-corrected chi connectivity index (χ1v) is 7.18. The topological polar surface area (TPSA) is 45.2 Å². The van der Waals surface area contributed by atoms with E-state index in [1.807, 2.05) is 11.8 Å². The van der Waals surface area contributed by atoms with E-state index in [0.717, 1.165) is 26.1 Å². The van der Waals surface area contributed by atoms with Crippen LogP contribution in [0.1, 0.15) is 37.0 Å². The Kier molecular flexibility index (Phi) is 4.64. The van der Waals surface area contributed by atoms with E-state index in [-0.39, 0.29) is 5.91 Å². The van der Waals surface area contributed by atoms with Gasteiger partial charge in [-0.25, -0.2) is 4.98 Å². The molecule has 0 bridgehead atoms. The fourth-order valence-electron chi connectivity index (χ4n) is 2.41. The SMILES string of the molecule is CCNc1ncc(C(=O)N2CCCC(C)C2)cc1Cl. The van der Waals surface area contributed by atoms with Crippen molar-refractivity contribution in [2.24, 2.45) is 5.92 Å². The smallest absolute Gasteiger partial charge is 0.255 e. The highest BCUT2D eigenvalue weighted by atomic mass is 35.5. The summed E-state index contributed by atoms with van der Waals surface area (Å²) in [5.74, 6) is 1.24. The molecule has 0 spiro atoms. The summed E-state index contributed by atoms with van der Waals surface area (Å²) in [6, 6.07) is 1.70. The van der Waals surface area contributed by atoms with Crippen LogP contribution in [0.3, 0.4) is 0 Å². The quantitative estimate of drug-likeness (QED) is 0.926. The molecular formula is C14H20ClN3O. The molecule has 2 heterocycles. The van der Waals surface area contributed by atoms with Gasteiger partial charge in [0.15, 0.2) is 0 Å². The van der Waals surface area contributed by atoms with Gasteiger partial charge in [0.1, 0.15) is 5.82 Å². The van der Waals surface area contributed by atoms with Gasteiger partial charge in [0.2, 0.25) is 0 Å². The minimum atomic E-state index is 0.0315. The van der Waals surface area contributed by atoms with Crippen LogP contribution in [0.2, 0.25) is 5.02 Å². The predicted octanol–water partition coefficient (Wildman–Crippen LogP) is 3.04. The maximum absolute atomic E-state index is 12.4. The largest absolute Gasteiger partial charge is 0.369 e. The first-order valence-electron chi connectivity index (χ1n) is 6.80. The van der Waals surface area contributed by atoms with Gasteiger partial charge in [-0.2, -0.15) is 0 Å². The number of amides is 1. The number of carbonyl (C=O) groups is 1. The number of nitrogens with zero attached hydrogens (tertiary/aromatic N) is 2. The van der Waals surface area contributed by atoms with E-state index >= 15 is 0 Å². The molecule has 1 atom stereocenters. The number of piperidine rings is 1. The summed E-state index contributed by atoms with van der Waals surface area (Å²) in [5.41, 5.74) is 0.570. The van der Waals surface area contributed by atoms with Crippen molar-refractivity contribution in [1.82, 2.24) is 9.88 Å². The molecule has 1 aliphatic rings. The highest BCUT2D eigenvalue weighted by Crippen LogP contribution is 2.22. The lowest BCUT2D eigenvalue weighted by Gasteiger charge is -2.31. The molecule has 1 aliphatic heterocycles. The number of hydrogen-bond acceptors (Lipinski definition) is 3. The Morgan fingerprint density at radius 1 is 1.63 bits per heavy atom. The Hall–Kier alpha value is -1.29. The molecule has 0 saturated carbocycles. The third-order valence-corrected chi connectivity index (χ3v) is 3.66. The number of rotatable bonds is 3. The lowest BCUT2D eigenvalue weighted by Crippen LogP contribution is -2.39. The van der Waals surface area contributed by atoms with E-state index in [4.69, 9.17) is 11.6 Å². The molecule has 1 aromatic heterocycles. The van der Waals surface area contributed by atoms with Gasteiger partial charge in [0.05, 0.1) is 10.6 Å². The van der Waals surface area contributed by atoms with Gasteiger partial charge in [-0.05, 0) is 31.7 Å². The Morgan fingerprint density at radius 2 is 2.42 bits per heavy atom. The van der Waals surface area contributed by atoms with Crippen LogP contribution in [0.4, 0.5) is 5.82 Å². The van der Waals surface area contributed by atoms with Gasteiger partial charge in [-0.1, -0.05) is 18.5 Å². The molecule has 1 N–H and O–H groups in total. The number of nitrogens with one attached hydrogen (secondary N) is 1. The number of aromatic nitrogens is 1. The van der Waals surface area contributed by atoms with Crippen molar-refractivity contribution in [2.45, 2.75) is 26.7 Å². The molecular weight excluding hydrogens is 262 g/mol. The zero-order chi connectivity index (χ0) is 13.8. The summed E-state index contributed by atoms with van der Waals surface area (Å²) in [7, 11) is 0. The van der Waals surface area contributed by atoms with Crippen LogP contribution < -0.4 is 5.32 Å². The molecule has 2 rings (SSSR count). The Morgan fingerprint density at radius 3 is 3.05 bits per heavy atom. The highest BCUT2D eigenvalue weighted by molar-refractivity contribution is 6.33. The molecule has 1 aromatic rings. The fraction of sp³-hybridized carbons (Fsp3) is 0.571. The van der Waals surface area contributed by atoms with Crippen LogP contribution >= 0.6 is 11.6 Å². The number of anilines is 1. The van der Waals surface area contributed by atoms with Crippen LogP contribution in [-0.4, -0.2) is 35.4 Å². The number of likely N-dealkylation sites (tertiary alicyclic amines) is 1. The number of carbonyl (C=O) groups excluding carboxylic acids is 1. The lowest BCUT2D eigenvalue weighted by atomic mass is 10.00. The van der Waals surface area contributed by atoms with Gasteiger partial charge in [0, 0.05) is 25.8 Å². The first-order chi connectivity index (χ1) is 9.11. The van der Waals surface area contributed by atoms with Crippen molar-refractivity contribution >= 4 is 23.3 Å². The predicted molar refractivity (Wildman–Crippen MR) is 77.7 cm³/mol. The normalized spacial score (nSPS) is 19.3. The highest BCUT2D eigenvalue weighted by Gasteiger charge is 2.22. The van der Waals surface area contributed by atoms with E-state index in [2.05, 4.69) is 17.2 Å². The van der Waals surface area contributed by atoms with Crippen LogP contribution in [-0.2, 0) is 0 Å². The van der Waals surface area contributed by atoms with Gasteiger partial charge in [-0.15, -0.1) is 0 Å². The minimum absolute atomic E-state index is 0.0315. The van der Waals surface area contributed by atoms with Crippen molar-refractivity contribution in [3.8, 4) is 0 Å². The van der Waals surface area contributed by atoms with Crippen LogP contribution in [0.25, 0.3) is 0 Å². The van der Waals surface area contributed by atoms with E-state index in [9.17, 15) is 4.79 Å². The van der Waals surface area contributed by atoms with E-state index in [1.54, 1.807) is 12.3 Å². The number of halogens is 1. The molecule has 104 valence electrons. The number of hydrogen-bond donors (Lipinski definition) is 1. The second-order valence-corrected chi connectivity index (χ2v) is 5.49. The molecule has 4 nitrogen and oxygen atoms in total. The molecule has 1 saturated heterocycles. The maximum Gasteiger partial charge on any atom is 0.255 e. The molecule has 1 amide bonds. The van der Waals surface area contributed by atoms with Crippen molar-refractivity contribution in [1.29, 1.82) is 0 Å². The maximum atomic E-state index is 12.4. The Bertz CT molecular complexity index is 464. The summed E-state index contributed by atoms with van der Waals surface area (Å²) in [6.45, 7) is 6.57. The molecule has 0 aliphatic carbocycles. The van der Waals surface area contributed by atoms with Crippen LogP contribution in [0.15, 0.2) is 12.3 Å². The monoisotopic (exact) mass is 281 g/mol. The van der Waals surface area contributed by atoms with Crippen molar-refractivity contribution in [3.63, 3.8) is 0 Å². The molecule has 1 unspecified atom stereocenters. The van der Waals surface area contributed by atoms with Gasteiger partial charge >= 0.3 is 0 Å². The average Bonchev–Trinajstić information content (AvgIpc) is 2.40. The van der Waals surface area contributed by atoms with Crippen molar-refractivity contribution in [2.75, 3.05) is 25.0 Å². The molecule has 19 heavy (non-hydrogen) atoms. The summed E-state index contributed by atoms with van der Waals surface area (Å²) < 4.78 is 0. The molecule has 0 aromatic carbocycles. The van der Waals surface area contributed by atoms with Crippen molar-refractivity contribution in [3.05, 3.63) is 22.8 Å². The summed E-state index contributed by atoms with van der Waals surface area (Å²) in [6.07, 6.45) is 3.87. The fourth-order valence-corrected chi connectivity index (χ4v) is 2.64. The Balaban J connectivity index is 2.12. The van der Waals surface area contributed by atoms with E-state index in [0.29, 0.717) is 22.3 Å². The summed E-state index contributed by atoms with van der Waals surface area (Å²) in [4.78, 5) is 18.5. The molecule has 0 radical (unpaired) electrons. The lowest BCUT2D eigenvalue weighted by molar-refractivity contribution is 0.0682. The van der Waals surface area contributed by atoms with Gasteiger partial charge < -0.3 is 10.2 Å². The second kappa shape index (κ2) is 6.24. The van der Waals surface area contributed by atoms with Crippen LogP contribution in [0.5, 0.6) is 0 Å². The molecule has 1 fully saturated rings. The molecule has 5 heteroatoms. The number of pyridine rings is 1. The van der Waals surface area contributed by atoms with Crippen molar-refractivity contribution < 1.29 is 4.79 Å². The average molecular weight is 282 g/mol. The van der Waals surface area contributed by atoms with Gasteiger partial charge in [0.25, 0.3) is 5.91 Å². The van der Waals surface area contributed by atoms with E-state index in [1.165, 1.54) is 6.42 Å². The van der Waals surface area contributed by atoms with Crippen LogP contribution in [0, 0.1) is 5.92 Å².